The van der Waals surface area contributed by atoms with Crippen molar-refractivity contribution in [2.24, 2.45) is 0 Å². The van der Waals surface area contributed by atoms with Crippen LogP contribution in [0.4, 0.5) is 4.39 Å². The number of fused-ring (bicyclic) bond motifs is 1. The molecule has 1 heterocycles. The number of allylic oxidation sites excluding steroid dienone is 6. The second kappa shape index (κ2) is 13.9. The monoisotopic (exact) mass is 374 g/mol. The van der Waals surface area contributed by atoms with E-state index in [0.717, 1.165) is 30.8 Å². The molecule has 0 atom stereocenters. The van der Waals surface area contributed by atoms with Crippen LogP contribution in [-0.4, -0.2) is 18.4 Å². The number of nitrogens with one attached hydrogen (secondary N) is 1. The third-order valence-corrected chi connectivity index (χ3v) is 4.05. The fraction of sp³-hybridized carbons (Fsp3) is 0.435. The molecule has 0 radical (unpaired) electrons. The van der Waals surface area contributed by atoms with Crippen molar-refractivity contribution < 1.29 is 9.18 Å². The number of amides is 1. The number of rotatable bonds is 5. The van der Waals surface area contributed by atoms with Gasteiger partial charge in [0.1, 0.15) is 5.82 Å². The highest BCUT2D eigenvalue weighted by atomic mass is 19.1. The first-order valence-electron chi connectivity index (χ1n) is 9.55. The fourth-order valence-corrected chi connectivity index (χ4v) is 2.52. The summed E-state index contributed by atoms with van der Waals surface area (Å²) in [5.74, 6) is -0.126. The van der Waals surface area contributed by atoms with Gasteiger partial charge in [-0.2, -0.15) is 0 Å². The minimum Gasteiger partial charge on any atom is -0.333 e. The Kier molecular flexibility index (Phi) is 12.8. The molecule has 1 amide bonds. The van der Waals surface area contributed by atoms with Gasteiger partial charge < -0.3 is 5.32 Å². The highest BCUT2D eigenvalue weighted by Crippen LogP contribution is 2.21. The Morgan fingerprint density at radius 1 is 1.11 bits per heavy atom. The molecule has 150 valence electrons. The SMILES string of the molecule is CC.CC/C=C(C)/C(C)=C/C=C(\C)NC=O.CN1Cc2ccc(F)cc2C1. The van der Waals surface area contributed by atoms with Gasteiger partial charge in [-0.15, -0.1) is 0 Å². The maximum absolute atomic E-state index is 12.7. The van der Waals surface area contributed by atoms with Crippen molar-refractivity contribution in [2.75, 3.05) is 7.05 Å². The summed E-state index contributed by atoms with van der Waals surface area (Å²) < 4.78 is 12.7. The van der Waals surface area contributed by atoms with Crippen molar-refractivity contribution in [1.29, 1.82) is 0 Å². The van der Waals surface area contributed by atoms with Crippen LogP contribution in [0.1, 0.15) is 59.1 Å². The van der Waals surface area contributed by atoms with E-state index in [-0.39, 0.29) is 5.82 Å². The summed E-state index contributed by atoms with van der Waals surface area (Å²) in [6, 6.07) is 5.02. The number of halogens is 1. The Morgan fingerprint density at radius 3 is 2.33 bits per heavy atom. The second-order valence-corrected chi connectivity index (χ2v) is 6.34. The van der Waals surface area contributed by atoms with E-state index in [1.54, 1.807) is 6.07 Å². The van der Waals surface area contributed by atoms with Gasteiger partial charge in [-0.1, -0.05) is 44.6 Å². The first-order chi connectivity index (χ1) is 12.9. The molecule has 0 bridgehead atoms. The lowest BCUT2D eigenvalue weighted by Crippen LogP contribution is -2.07. The maximum Gasteiger partial charge on any atom is 0.211 e. The zero-order chi connectivity index (χ0) is 20.8. The minimum absolute atomic E-state index is 0.126. The molecule has 1 aromatic rings. The highest BCUT2D eigenvalue weighted by Gasteiger charge is 2.14. The molecule has 1 N–H and O–H groups in total. The molecular formula is C23H35FN2O. The number of carbonyl (C=O) groups excluding carboxylic acids is 1. The number of benzene rings is 1. The van der Waals surface area contributed by atoms with Gasteiger partial charge in [0.15, 0.2) is 0 Å². The zero-order valence-electron chi connectivity index (χ0n) is 17.9. The number of nitrogens with zero attached hydrogens (tertiary/aromatic N) is 1. The largest absolute Gasteiger partial charge is 0.333 e. The standard InChI is InChI=1S/C12H19NO.C9H10FN.C2H6/c1-5-6-10(2)11(3)7-8-12(4)13-9-14;1-11-5-7-2-3-9(10)4-8(7)6-11;1-2/h6-9H,5H2,1-4H3,(H,13,14);2-4H,5-6H2,1H3;1-2H3/b10-6+,11-7+,12-8+;;. The smallest absolute Gasteiger partial charge is 0.211 e. The molecule has 0 aliphatic carbocycles. The first kappa shape index (κ1) is 24.8. The predicted octanol–water partition coefficient (Wildman–Crippen LogP) is 5.74. The first-order valence-corrected chi connectivity index (χ1v) is 9.55. The molecular weight excluding hydrogens is 339 g/mol. The summed E-state index contributed by atoms with van der Waals surface area (Å²) in [6.07, 6.45) is 7.82. The van der Waals surface area contributed by atoms with E-state index < -0.39 is 0 Å². The second-order valence-electron chi connectivity index (χ2n) is 6.34. The normalized spacial score (nSPS) is 14.4. The summed E-state index contributed by atoms with van der Waals surface area (Å²) in [7, 11) is 2.04. The Labute approximate surface area is 164 Å². The van der Waals surface area contributed by atoms with E-state index >= 15 is 0 Å². The average Bonchev–Trinajstić information content (AvgIpc) is 3.01. The molecule has 1 aromatic carbocycles. The van der Waals surface area contributed by atoms with Crippen LogP contribution in [0.15, 0.2) is 53.3 Å². The van der Waals surface area contributed by atoms with Crippen molar-refractivity contribution >= 4 is 6.41 Å². The minimum atomic E-state index is -0.126. The quantitative estimate of drug-likeness (QED) is 0.527. The fourth-order valence-electron chi connectivity index (χ4n) is 2.52. The Bertz CT molecular complexity index is 675. The van der Waals surface area contributed by atoms with E-state index in [4.69, 9.17) is 0 Å². The molecule has 27 heavy (non-hydrogen) atoms. The Morgan fingerprint density at radius 2 is 1.74 bits per heavy atom. The molecule has 1 aliphatic heterocycles. The van der Waals surface area contributed by atoms with Gasteiger partial charge in [0, 0.05) is 18.8 Å². The molecule has 2 rings (SSSR count). The number of carbonyl (C=O) groups is 1. The Hall–Kier alpha value is -2.20. The van der Waals surface area contributed by atoms with Crippen molar-refractivity contribution in [3.05, 3.63) is 70.2 Å². The zero-order valence-corrected chi connectivity index (χ0v) is 17.9. The van der Waals surface area contributed by atoms with Crippen LogP contribution in [0.2, 0.25) is 0 Å². The summed E-state index contributed by atoms with van der Waals surface area (Å²) in [5, 5.41) is 2.59. The lowest BCUT2D eigenvalue weighted by Gasteiger charge is -2.02. The molecule has 0 unspecified atom stereocenters. The molecule has 0 saturated heterocycles. The van der Waals surface area contributed by atoms with Crippen molar-refractivity contribution in [2.45, 2.75) is 61.1 Å². The lowest BCUT2D eigenvalue weighted by atomic mass is 10.1. The van der Waals surface area contributed by atoms with Gasteiger partial charge in [0.2, 0.25) is 6.41 Å². The van der Waals surface area contributed by atoms with Crippen LogP contribution in [0.5, 0.6) is 0 Å². The summed E-state index contributed by atoms with van der Waals surface area (Å²) in [5.41, 5.74) is 5.74. The number of hydrogen-bond acceptors (Lipinski definition) is 2. The van der Waals surface area contributed by atoms with Crippen LogP contribution >= 0.6 is 0 Å². The molecule has 1 aliphatic rings. The van der Waals surface area contributed by atoms with Crippen LogP contribution < -0.4 is 5.32 Å². The maximum atomic E-state index is 12.7. The van der Waals surface area contributed by atoms with Crippen molar-refractivity contribution in [3.63, 3.8) is 0 Å². The topological polar surface area (TPSA) is 32.3 Å². The van der Waals surface area contributed by atoms with Crippen LogP contribution in [0, 0.1) is 5.82 Å². The highest BCUT2D eigenvalue weighted by molar-refractivity contribution is 5.50. The van der Waals surface area contributed by atoms with Crippen LogP contribution in [-0.2, 0) is 17.9 Å². The molecule has 0 fully saturated rings. The van der Waals surface area contributed by atoms with E-state index in [0.29, 0.717) is 6.41 Å². The van der Waals surface area contributed by atoms with E-state index in [9.17, 15) is 9.18 Å². The predicted molar refractivity (Wildman–Crippen MR) is 114 cm³/mol. The van der Waals surface area contributed by atoms with E-state index in [1.165, 1.54) is 22.8 Å². The van der Waals surface area contributed by atoms with E-state index in [2.05, 4.69) is 37.1 Å². The lowest BCUT2D eigenvalue weighted by molar-refractivity contribution is -0.108. The third kappa shape index (κ3) is 9.90. The Balaban J connectivity index is 0.000000465. The number of hydrogen-bond donors (Lipinski definition) is 1. The van der Waals surface area contributed by atoms with Gasteiger partial charge in [-0.3, -0.25) is 9.69 Å². The molecule has 3 nitrogen and oxygen atoms in total. The van der Waals surface area contributed by atoms with Gasteiger partial charge in [0.05, 0.1) is 0 Å². The molecule has 0 aromatic heterocycles. The summed E-state index contributed by atoms with van der Waals surface area (Å²) in [4.78, 5) is 12.3. The van der Waals surface area contributed by atoms with E-state index in [1.807, 2.05) is 46.0 Å². The van der Waals surface area contributed by atoms with Gasteiger partial charge in [-0.05, 0) is 69.1 Å². The summed E-state index contributed by atoms with van der Waals surface area (Å²) in [6.45, 7) is 14.0. The molecule has 0 saturated carbocycles. The van der Waals surface area contributed by atoms with Crippen molar-refractivity contribution in [1.82, 2.24) is 10.2 Å². The van der Waals surface area contributed by atoms with Crippen LogP contribution in [0.3, 0.4) is 0 Å². The third-order valence-electron chi connectivity index (χ3n) is 4.05. The van der Waals surface area contributed by atoms with Crippen molar-refractivity contribution in [3.8, 4) is 0 Å². The van der Waals surface area contributed by atoms with Gasteiger partial charge in [0.25, 0.3) is 0 Å². The molecule has 0 spiro atoms. The van der Waals surface area contributed by atoms with Gasteiger partial charge in [-0.25, -0.2) is 4.39 Å². The summed E-state index contributed by atoms with van der Waals surface area (Å²) >= 11 is 0. The average molecular weight is 375 g/mol. The van der Waals surface area contributed by atoms with Gasteiger partial charge >= 0.3 is 0 Å². The van der Waals surface area contributed by atoms with Crippen LogP contribution in [0.25, 0.3) is 0 Å². The molecule has 4 heteroatoms.